The van der Waals surface area contributed by atoms with Crippen LogP contribution in [0.1, 0.15) is 21.5 Å². The number of aryl methyl sites for hydroxylation is 1. The molecular weight excluding hydrogens is 282 g/mol. The van der Waals surface area contributed by atoms with E-state index in [-0.39, 0.29) is 11.7 Å². The van der Waals surface area contributed by atoms with Crippen molar-refractivity contribution in [3.63, 3.8) is 0 Å². The minimum absolute atomic E-state index is 0.0272. The van der Waals surface area contributed by atoms with E-state index in [2.05, 4.69) is 5.32 Å². The van der Waals surface area contributed by atoms with Crippen LogP contribution in [0.15, 0.2) is 30.3 Å². The molecule has 0 saturated heterocycles. The molecule has 0 fully saturated rings. The second kappa shape index (κ2) is 6.39. The van der Waals surface area contributed by atoms with Gasteiger partial charge in [0.25, 0.3) is 5.91 Å². The summed E-state index contributed by atoms with van der Waals surface area (Å²) >= 11 is 0. The molecule has 0 aliphatic rings. The molecule has 0 aliphatic carbocycles. The molecule has 5 nitrogen and oxygen atoms in total. The monoisotopic (exact) mass is 301 g/mol. The van der Waals surface area contributed by atoms with Crippen LogP contribution in [0.4, 0.5) is 5.69 Å². The number of ether oxygens (including phenoxy) is 2. The van der Waals surface area contributed by atoms with Gasteiger partial charge in [0.15, 0.2) is 0 Å². The standard InChI is InChI=1S/C17H19NO4/c1-10-5-6-13(14(19)7-10)18-17(20)12-8-15(21-3)11(2)16(9-12)22-4/h5-9,19H,1-4H3,(H,18,20). The molecule has 0 saturated carbocycles. The molecule has 0 unspecified atom stereocenters. The fourth-order valence-corrected chi connectivity index (χ4v) is 2.16. The van der Waals surface area contributed by atoms with Gasteiger partial charge in [-0.15, -0.1) is 0 Å². The number of nitrogens with one attached hydrogen (secondary N) is 1. The quantitative estimate of drug-likeness (QED) is 0.850. The normalized spacial score (nSPS) is 10.2. The summed E-state index contributed by atoms with van der Waals surface area (Å²) in [7, 11) is 3.07. The van der Waals surface area contributed by atoms with Crippen molar-refractivity contribution in [1.29, 1.82) is 0 Å². The summed E-state index contributed by atoms with van der Waals surface area (Å²) in [6.45, 7) is 3.71. The topological polar surface area (TPSA) is 67.8 Å². The van der Waals surface area contributed by atoms with Gasteiger partial charge in [0.05, 0.1) is 19.9 Å². The van der Waals surface area contributed by atoms with Gasteiger partial charge in [-0.2, -0.15) is 0 Å². The van der Waals surface area contributed by atoms with E-state index in [4.69, 9.17) is 9.47 Å². The average molecular weight is 301 g/mol. The molecular formula is C17H19NO4. The molecule has 0 heterocycles. The number of aromatic hydroxyl groups is 1. The zero-order valence-electron chi connectivity index (χ0n) is 13.1. The van der Waals surface area contributed by atoms with Crippen molar-refractivity contribution in [2.45, 2.75) is 13.8 Å². The van der Waals surface area contributed by atoms with Crippen molar-refractivity contribution >= 4 is 11.6 Å². The Bertz CT molecular complexity index is 685. The zero-order valence-corrected chi connectivity index (χ0v) is 13.1. The van der Waals surface area contributed by atoms with Crippen molar-refractivity contribution in [2.24, 2.45) is 0 Å². The highest BCUT2D eigenvalue weighted by Crippen LogP contribution is 2.30. The number of methoxy groups -OCH3 is 2. The second-order valence-electron chi connectivity index (χ2n) is 4.98. The number of rotatable bonds is 4. The first-order chi connectivity index (χ1) is 10.5. The van der Waals surface area contributed by atoms with Crippen LogP contribution < -0.4 is 14.8 Å². The van der Waals surface area contributed by atoms with Crippen molar-refractivity contribution in [3.8, 4) is 17.2 Å². The van der Waals surface area contributed by atoms with E-state index in [1.807, 2.05) is 19.9 Å². The number of phenolic OH excluding ortho intramolecular Hbond substituents is 1. The summed E-state index contributed by atoms with van der Waals surface area (Å²) < 4.78 is 10.5. The highest BCUT2D eigenvalue weighted by molar-refractivity contribution is 6.05. The van der Waals surface area contributed by atoms with E-state index < -0.39 is 0 Å². The van der Waals surface area contributed by atoms with Gasteiger partial charge in [-0.1, -0.05) is 6.07 Å². The van der Waals surface area contributed by atoms with Gasteiger partial charge < -0.3 is 19.9 Å². The number of anilines is 1. The van der Waals surface area contributed by atoms with Crippen LogP contribution in [0.5, 0.6) is 17.2 Å². The highest BCUT2D eigenvalue weighted by Gasteiger charge is 2.15. The molecule has 0 atom stereocenters. The average Bonchev–Trinajstić information content (AvgIpc) is 2.50. The maximum absolute atomic E-state index is 12.4. The smallest absolute Gasteiger partial charge is 0.256 e. The lowest BCUT2D eigenvalue weighted by Gasteiger charge is -2.13. The lowest BCUT2D eigenvalue weighted by Crippen LogP contribution is -2.12. The molecule has 116 valence electrons. The lowest BCUT2D eigenvalue weighted by molar-refractivity contribution is 0.102. The van der Waals surface area contributed by atoms with Gasteiger partial charge >= 0.3 is 0 Å². The van der Waals surface area contributed by atoms with E-state index in [1.54, 1.807) is 24.3 Å². The molecule has 22 heavy (non-hydrogen) atoms. The largest absolute Gasteiger partial charge is 0.506 e. The Balaban J connectivity index is 2.33. The first-order valence-corrected chi connectivity index (χ1v) is 6.80. The fourth-order valence-electron chi connectivity index (χ4n) is 2.16. The maximum Gasteiger partial charge on any atom is 0.256 e. The predicted octanol–water partition coefficient (Wildman–Crippen LogP) is 3.28. The van der Waals surface area contributed by atoms with E-state index in [0.29, 0.717) is 22.7 Å². The molecule has 2 N–H and O–H groups in total. The number of carbonyl (C=O) groups excluding carboxylic acids is 1. The van der Waals surface area contributed by atoms with Crippen LogP contribution >= 0.6 is 0 Å². The molecule has 2 rings (SSSR count). The van der Waals surface area contributed by atoms with Gasteiger partial charge in [0, 0.05) is 11.1 Å². The predicted molar refractivity (Wildman–Crippen MR) is 85.1 cm³/mol. The van der Waals surface area contributed by atoms with E-state index >= 15 is 0 Å². The number of carbonyl (C=O) groups is 1. The molecule has 0 spiro atoms. The first kappa shape index (κ1) is 15.7. The van der Waals surface area contributed by atoms with Crippen molar-refractivity contribution in [3.05, 3.63) is 47.0 Å². The number of phenols is 1. The Hall–Kier alpha value is -2.69. The Labute approximate surface area is 129 Å². The van der Waals surface area contributed by atoms with Gasteiger partial charge in [0.2, 0.25) is 0 Å². The summed E-state index contributed by atoms with van der Waals surface area (Å²) in [5.74, 6) is 0.811. The van der Waals surface area contributed by atoms with Gasteiger partial charge in [0.1, 0.15) is 17.2 Å². The first-order valence-electron chi connectivity index (χ1n) is 6.80. The minimum atomic E-state index is -0.351. The highest BCUT2D eigenvalue weighted by atomic mass is 16.5. The fraction of sp³-hybridized carbons (Fsp3) is 0.235. The maximum atomic E-state index is 12.4. The van der Waals surface area contributed by atoms with Crippen LogP contribution in [0.3, 0.4) is 0 Å². The Morgan fingerprint density at radius 3 is 2.14 bits per heavy atom. The van der Waals surface area contributed by atoms with Crippen LogP contribution in [0.2, 0.25) is 0 Å². The number of hydrogen-bond acceptors (Lipinski definition) is 4. The van der Waals surface area contributed by atoms with Crippen LogP contribution in [0, 0.1) is 13.8 Å². The molecule has 5 heteroatoms. The molecule has 0 aliphatic heterocycles. The Morgan fingerprint density at radius 2 is 1.64 bits per heavy atom. The minimum Gasteiger partial charge on any atom is -0.506 e. The summed E-state index contributed by atoms with van der Waals surface area (Å²) in [6.07, 6.45) is 0. The second-order valence-corrected chi connectivity index (χ2v) is 4.98. The number of hydrogen-bond donors (Lipinski definition) is 2. The number of amides is 1. The summed E-state index contributed by atoms with van der Waals surface area (Å²) in [6, 6.07) is 8.33. The van der Waals surface area contributed by atoms with E-state index in [9.17, 15) is 9.90 Å². The number of benzene rings is 2. The third-order valence-electron chi connectivity index (χ3n) is 3.42. The van der Waals surface area contributed by atoms with Crippen molar-refractivity contribution in [1.82, 2.24) is 0 Å². The van der Waals surface area contributed by atoms with E-state index in [0.717, 1.165) is 11.1 Å². The summed E-state index contributed by atoms with van der Waals surface area (Å²) in [5, 5.41) is 12.5. The summed E-state index contributed by atoms with van der Waals surface area (Å²) in [4.78, 5) is 12.4. The summed E-state index contributed by atoms with van der Waals surface area (Å²) in [5.41, 5.74) is 2.47. The molecule has 0 bridgehead atoms. The van der Waals surface area contributed by atoms with Gasteiger partial charge in [-0.05, 0) is 43.7 Å². The molecule has 0 radical (unpaired) electrons. The van der Waals surface area contributed by atoms with Crippen LogP contribution in [0.25, 0.3) is 0 Å². The Kier molecular flexibility index (Phi) is 4.56. The molecule has 1 amide bonds. The third-order valence-corrected chi connectivity index (χ3v) is 3.42. The lowest BCUT2D eigenvalue weighted by atomic mass is 10.1. The molecule has 2 aromatic carbocycles. The zero-order chi connectivity index (χ0) is 16.3. The molecule has 0 aromatic heterocycles. The van der Waals surface area contributed by atoms with Gasteiger partial charge in [-0.25, -0.2) is 0 Å². The van der Waals surface area contributed by atoms with Crippen LogP contribution in [-0.4, -0.2) is 25.2 Å². The van der Waals surface area contributed by atoms with Gasteiger partial charge in [-0.3, -0.25) is 4.79 Å². The molecule has 2 aromatic rings. The third kappa shape index (κ3) is 3.14. The Morgan fingerprint density at radius 1 is 1.05 bits per heavy atom. The van der Waals surface area contributed by atoms with Crippen LogP contribution in [-0.2, 0) is 0 Å². The van der Waals surface area contributed by atoms with Crippen molar-refractivity contribution in [2.75, 3.05) is 19.5 Å². The van der Waals surface area contributed by atoms with E-state index in [1.165, 1.54) is 14.2 Å². The SMILES string of the molecule is COc1cc(C(=O)Nc2ccc(C)cc2O)cc(OC)c1C. The van der Waals surface area contributed by atoms with Crippen molar-refractivity contribution < 1.29 is 19.4 Å².